The highest BCUT2D eigenvalue weighted by Gasteiger charge is 2.23. The lowest BCUT2D eigenvalue weighted by molar-refractivity contribution is 0.0527. The van der Waals surface area contributed by atoms with Crippen LogP contribution in [0, 0.1) is 5.82 Å². The molecule has 0 unspecified atom stereocenters. The van der Waals surface area contributed by atoms with Gasteiger partial charge in [0.15, 0.2) is 5.78 Å². The van der Waals surface area contributed by atoms with E-state index in [0.29, 0.717) is 16.8 Å². The van der Waals surface area contributed by atoms with Crippen LogP contribution in [0.4, 0.5) is 10.1 Å². The van der Waals surface area contributed by atoms with Gasteiger partial charge in [-0.3, -0.25) is 14.3 Å². The van der Waals surface area contributed by atoms with Crippen molar-refractivity contribution in [2.75, 3.05) is 19.0 Å². The summed E-state index contributed by atoms with van der Waals surface area (Å²) in [6, 6.07) is 7.10. The Kier molecular flexibility index (Phi) is 6.37. The molecule has 0 atom stereocenters. The summed E-state index contributed by atoms with van der Waals surface area (Å²) in [5.41, 5.74) is 1.37. The number of methoxy groups -OCH3 is 1. The number of esters is 1. The Labute approximate surface area is 200 Å². The van der Waals surface area contributed by atoms with Crippen LogP contribution >= 0.6 is 0 Å². The largest absolute Gasteiger partial charge is 0.497 e. The Hall–Kier alpha value is -4.47. The number of pyridine rings is 1. The van der Waals surface area contributed by atoms with E-state index >= 15 is 4.39 Å². The number of halogens is 1. The first-order valence-electron chi connectivity index (χ1n) is 10.7. The number of nitrogens with zero attached hydrogens (tertiary/aromatic N) is 3. The molecule has 0 saturated carbocycles. The number of aryl methyl sites for hydroxylation is 1. The van der Waals surface area contributed by atoms with Crippen molar-refractivity contribution in [3.8, 4) is 16.9 Å². The molecule has 0 spiro atoms. The van der Waals surface area contributed by atoms with E-state index in [1.807, 2.05) is 0 Å². The second kappa shape index (κ2) is 9.41. The van der Waals surface area contributed by atoms with Gasteiger partial charge in [0.05, 0.1) is 47.9 Å². The van der Waals surface area contributed by atoms with E-state index in [1.54, 1.807) is 42.9 Å². The van der Waals surface area contributed by atoms with Crippen molar-refractivity contribution in [2.45, 2.75) is 13.8 Å². The molecule has 1 amide bonds. The monoisotopic (exact) mass is 478 g/mol. The molecule has 1 N–H and O–H groups in total. The predicted molar refractivity (Wildman–Crippen MR) is 126 cm³/mol. The van der Waals surface area contributed by atoms with Gasteiger partial charge in [0.1, 0.15) is 11.6 Å². The third-order valence-corrected chi connectivity index (χ3v) is 5.45. The minimum absolute atomic E-state index is 0.0201. The number of ketones is 1. The molecule has 3 aromatic heterocycles. The maximum absolute atomic E-state index is 15.1. The molecule has 0 aliphatic rings. The van der Waals surface area contributed by atoms with Gasteiger partial charge < -0.3 is 19.2 Å². The molecule has 9 nitrogen and oxygen atoms in total. The van der Waals surface area contributed by atoms with Gasteiger partial charge in [-0.1, -0.05) is 0 Å². The SMILES string of the molecule is CCOC(=O)c1cc(-c2cnn(C)c2)c(F)cc1NC(=O)c1cc(C(C)=O)n2ccc(OC)cc12. The molecule has 180 valence electrons. The van der Waals surface area contributed by atoms with E-state index in [2.05, 4.69) is 10.4 Å². The molecule has 4 aromatic rings. The normalized spacial score (nSPS) is 10.9. The summed E-state index contributed by atoms with van der Waals surface area (Å²) >= 11 is 0. The molecular formula is C25H23FN4O5. The summed E-state index contributed by atoms with van der Waals surface area (Å²) < 4.78 is 28.5. The Morgan fingerprint density at radius 2 is 1.91 bits per heavy atom. The first kappa shape index (κ1) is 23.7. The smallest absolute Gasteiger partial charge is 0.340 e. The number of fused-ring (bicyclic) bond motifs is 1. The molecule has 3 heterocycles. The summed E-state index contributed by atoms with van der Waals surface area (Å²) in [5, 5.41) is 6.65. The Balaban J connectivity index is 1.80. The first-order chi connectivity index (χ1) is 16.7. The maximum atomic E-state index is 15.1. The van der Waals surface area contributed by atoms with Gasteiger partial charge in [0, 0.05) is 43.6 Å². The van der Waals surface area contributed by atoms with Crippen LogP contribution in [0.2, 0.25) is 0 Å². The quantitative estimate of drug-likeness (QED) is 0.317. The van der Waals surface area contributed by atoms with Crippen molar-refractivity contribution >= 4 is 28.9 Å². The standard InChI is InChI=1S/C25H23FN4O5/c1-5-35-25(33)18-9-17(15-12-27-29(3)13-15)20(26)11-21(18)28-24(32)19-10-22(14(2)31)30-7-6-16(34-4)8-23(19)30/h6-13H,5H2,1-4H3,(H,28,32). The predicted octanol–water partition coefficient (Wildman–Crippen LogP) is 4.12. The van der Waals surface area contributed by atoms with Crippen molar-refractivity contribution < 1.29 is 28.2 Å². The fourth-order valence-corrected chi connectivity index (χ4v) is 3.78. The van der Waals surface area contributed by atoms with Gasteiger partial charge >= 0.3 is 5.97 Å². The number of ether oxygens (including phenoxy) is 2. The number of carbonyl (C=O) groups excluding carboxylic acids is 3. The van der Waals surface area contributed by atoms with Crippen LogP contribution in [0.25, 0.3) is 16.6 Å². The Morgan fingerprint density at radius 3 is 2.54 bits per heavy atom. The number of rotatable bonds is 7. The molecule has 35 heavy (non-hydrogen) atoms. The van der Waals surface area contributed by atoms with E-state index in [4.69, 9.17) is 9.47 Å². The number of carbonyl (C=O) groups is 3. The van der Waals surface area contributed by atoms with Crippen LogP contribution in [0.3, 0.4) is 0 Å². The summed E-state index contributed by atoms with van der Waals surface area (Å²) in [5.74, 6) is -1.78. The molecule has 0 aliphatic carbocycles. The molecule has 10 heteroatoms. The molecule has 0 fully saturated rings. The van der Waals surface area contributed by atoms with Gasteiger partial charge in [0.2, 0.25) is 0 Å². The summed E-state index contributed by atoms with van der Waals surface area (Å²) in [6.07, 6.45) is 4.69. The Morgan fingerprint density at radius 1 is 1.14 bits per heavy atom. The minimum atomic E-state index is -0.722. The number of benzene rings is 1. The van der Waals surface area contributed by atoms with Gasteiger partial charge in [-0.2, -0.15) is 5.10 Å². The van der Waals surface area contributed by atoms with Gasteiger partial charge in [-0.05, 0) is 31.2 Å². The van der Waals surface area contributed by atoms with Crippen molar-refractivity contribution in [1.29, 1.82) is 0 Å². The zero-order valence-electron chi connectivity index (χ0n) is 19.6. The van der Waals surface area contributed by atoms with Crippen molar-refractivity contribution in [3.63, 3.8) is 0 Å². The van der Waals surface area contributed by atoms with Crippen LogP contribution in [-0.4, -0.2) is 45.6 Å². The van der Waals surface area contributed by atoms with Crippen molar-refractivity contribution in [1.82, 2.24) is 14.2 Å². The molecule has 1 aromatic carbocycles. The average Bonchev–Trinajstić information content (AvgIpc) is 3.42. The van der Waals surface area contributed by atoms with Crippen molar-refractivity contribution in [2.24, 2.45) is 7.05 Å². The second-order valence-electron chi connectivity index (χ2n) is 7.78. The summed E-state index contributed by atoms with van der Waals surface area (Å²) in [6.45, 7) is 3.13. The summed E-state index contributed by atoms with van der Waals surface area (Å²) in [7, 11) is 3.17. The molecular weight excluding hydrogens is 455 g/mol. The number of anilines is 1. The summed E-state index contributed by atoms with van der Waals surface area (Å²) in [4.78, 5) is 38.1. The van der Waals surface area contributed by atoms with Crippen LogP contribution in [0.1, 0.15) is 45.1 Å². The van der Waals surface area contributed by atoms with Crippen LogP contribution in [0.5, 0.6) is 5.75 Å². The van der Waals surface area contributed by atoms with E-state index in [9.17, 15) is 14.4 Å². The van der Waals surface area contributed by atoms with E-state index in [0.717, 1.165) is 6.07 Å². The van der Waals surface area contributed by atoms with E-state index in [-0.39, 0.29) is 40.5 Å². The lowest BCUT2D eigenvalue weighted by Gasteiger charge is -2.13. The molecule has 0 aliphatic heterocycles. The van der Waals surface area contributed by atoms with E-state index in [1.165, 1.54) is 37.0 Å². The number of hydrogen-bond donors (Lipinski definition) is 1. The fourth-order valence-electron chi connectivity index (χ4n) is 3.78. The van der Waals surface area contributed by atoms with Crippen molar-refractivity contribution in [3.05, 3.63) is 71.6 Å². The Bertz CT molecular complexity index is 1470. The molecule has 0 saturated heterocycles. The molecule has 0 bridgehead atoms. The topological polar surface area (TPSA) is 104 Å². The van der Waals surface area contributed by atoms with Crippen LogP contribution in [0.15, 0.2) is 48.9 Å². The molecule has 0 radical (unpaired) electrons. The second-order valence-corrected chi connectivity index (χ2v) is 7.78. The zero-order valence-corrected chi connectivity index (χ0v) is 19.6. The number of nitrogens with one attached hydrogen (secondary N) is 1. The average molecular weight is 478 g/mol. The van der Waals surface area contributed by atoms with Gasteiger partial charge in [-0.25, -0.2) is 9.18 Å². The molecule has 4 rings (SSSR count). The van der Waals surface area contributed by atoms with Gasteiger partial charge in [-0.15, -0.1) is 0 Å². The lowest BCUT2D eigenvalue weighted by Crippen LogP contribution is -2.16. The van der Waals surface area contributed by atoms with Gasteiger partial charge in [0.25, 0.3) is 5.91 Å². The van der Waals surface area contributed by atoms with Crippen LogP contribution in [-0.2, 0) is 11.8 Å². The highest BCUT2D eigenvalue weighted by atomic mass is 19.1. The van der Waals surface area contributed by atoms with Crippen LogP contribution < -0.4 is 10.1 Å². The third kappa shape index (κ3) is 4.50. The minimum Gasteiger partial charge on any atom is -0.497 e. The number of hydrogen-bond acceptors (Lipinski definition) is 6. The first-order valence-corrected chi connectivity index (χ1v) is 10.7. The zero-order chi connectivity index (χ0) is 25.3. The third-order valence-electron chi connectivity index (χ3n) is 5.45. The van der Waals surface area contributed by atoms with E-state index < -0.39 is 17.7 Å². The lowest BCUT2D eigenvalue weighted by atomic mass is 10.0. The number of aromatic nitrogens is 3. The fraction of sp³-hybridized carbons (Fsp3) is 0.200. The number of Topliss-reactive ketones (excluding diaryl/α,β-unsaturated/α-hetero) is 1. The highest BCUT2D eigenvalue weighted by molar-refractivity contribution is 6.13. The maximum Gasteiger partial charge on any atom is 0.340 e. The highest BCUT2D eigenvalue weighted by Crippen LogP contribution is 2.30. The number of amides is 1.